The Kier molecular flexibility index (Phi) is 4.49. The number of rotatable bonds is 4. The van der Waals surface area contributed by atoms with Gasteiger partial charge >= 0.3 is 0 Å². The number of hydrogen-bond acceptors (Lipinski definition) is 5. The molecule has 4 rings (SSSR count). The zero-order chi connectivity index (χ0) is 19.0. The van der Waals surface area contributed by atoms with Gasteiger partial charge in [-0.15, -0.1) is 0 Å². The van der Waals surface area contributed by atoms with E-state index in [1.165, 1.54) is 0 Å². The molecule has 2 aromatic carbocycles. The van der Waals surface area contributed by atoms with Crippen molar-refractivity contribution in [3.05, 3.63) is 64.5 Å². The monoisotopic (exact) mass is 384 g/mol. The molecule has 138 valence electrons. The number of benzene rings is 2. The maximum atomic E-state index is 12.8. The Morgan fingerprint density at radius 2 is 1.89 bits per heavy atom. The molecule has 7 heteroatoms. The lowest BCUT2D eigenvalue weighted by molar-refractivity contribution is 0.0778. The Morgan fingerprint density at radius 1 is 1.15 bits per heavy atom. The first-order valence-electron chi connectivity index (χ1n) is 8.38. The van der Waals surface area contributed by atoms with Crippen molar-refractivity contribution in [1.82, 2.24) is 9.88 Å². The molecule has 1 amide bonds. The van der Waals surface area contributed by atoms with Crippen LogP contribution >= 0.6 is 11.6 Å². The number of amides is 1. The summed E-state index contributed by atoms with van der Waals surface area (Å²) in [6, 6.07) is 12.7. The maximum Gasteiger partial charge on any atom is 0.276 e. The second-order valence-corrected chi connectivity index (χ2v) is 6.72. The number of hydrogen-bond donors (Lipinski definition) is 0. The van der Waals surface area contributed by atoms with Crippen molar-refractivity contribution in [3.8, 4) is 23.0 Å². The van der Waals surface area contributed by atoms with Gasteiger partial charge in [-0.1, -0.05) is 17.7 Å². The number of aryl methyl sites for hydroxylation is 1. The molecule has 0 bridgehead atoms. The molecule has 0 saturated carbocycles. The summed E-state index contributed by atoms with van der Waals surface area (Å²) >= 11 is 5.91. The lowest BCUT2D eigenvalue weighted by Crippen LogP contribution is -2.27. The first-order valence-corrected chi connectivity index (χ1v) is 8.76. The Bertz CT molecular complexity index is 998. The topological polar surface area (TPSA) is 64.8 Å². The molecule has 0 aliphatic carbocycles. The largest absolute Gasteiger partial charge is 0.454 e. The van der Waals surface area contributed by atoms with Crippen LogP contribution in [0.15, 0.2) is 46.9 Å². The van der Waals surface area contributed by atoms with Crippen LogP contribution in [0.5, 0.6) is 11.5 Å². The lowest BCUT2D eigenvalue weighted by Gasteiger charge is -2.16. The summed E-state index contributed by atoms with van der Waals surface area (Å²) in [5, 5.41) is 0.627. The van der Waals surface area contributed by atoms with Crippen molar-refractivity contribution in [2.75, 3.05) is 13.8 Å². The van der Waals surface area contributed by atoms with E-state index < -0.39 is 0 Å². The lowest BCUT2D eigenvalue weighted by atomic mass is 10.2. The molecule has 3 aromatic rings. The van der Waals surface area contributed by atoms with Crippen molar-refractivity contribution >= 4 is 17.5 Å². The average molecular weight is 385 g/mol. The van der Waals surface area contributed by atoms with E-state index in [-0.39, 0.29) is 12.7 Å². The van der Waals surface area contributed by atoms with Gasteiger partial charge in [-0.05, 0) is 48.9 Å². The fraction of sp³-hybridized carbons (Fsp3) is 0.200. The summed E-state index contributed by atoms with van der Waals surface area (Å²) in [6.07, 6.45) is 0. The van der Waals surface area contributed by atoms with Crippen molar-refractivity contribution in [2.24, 2.45) is 0 Å². The summed E-state index contributed by atoms with van der Waals surface area (Å²) in [4.78, 5) is 18.8. The Morgan fingerprint density at radius 3 is 2.67 bits per heavy atom. The van der Waals surface area contributed by atoms with Gasteiger partial charge in [0.2, 0.25) is 12.7 Å². The van der Waals surface area contributed by atoms with Crippen LogP contribution in [0.3, 0.4) is 0 Å². The Labute approximate surface area is 161 Å². The van der Waals surface area contributed by atoms with Crippen molar-refractivity contribution in [3.63, 3.8) is 0 Å². The van der Waals surface area contributed by atoms with E-state index in [0.717, 1.165) is 11.1 Å². The van der Waals surface area contributed by atoms with E-state index in [2.05, 4.69) is 4.98 Å². The van der Waals surface area contributed by atoms with Crippen LogP contribution in [0.2, 0.25) is 5.02 Å². The predicted molar refractivity (Wildman–Crippen MR) is 100 cm³/mol. The number of aromatic nitrogens is 1. The molecule has 0 spiro atoms. The van der Waals surface area contributed by atoms with Gasteiger partial charge in [0.05, 0.1) is 0 Å². The summed E-state index contributed by atoms with van der Waals surface area (Å²) in [5.74, 6) is 2.06. The number of ether oxygens (including phenoxy) is 2. The maximum absolute atomic E-state index is 12.8. The highest BCUT2D eigenvalue weighted by molar-refractivity contribution is 6.30. The summed E-state index contributed by atoms with van der Waals surface area (Å²) in [7, 11) is 1.73. The second kappa shape index (κ2) is 6.96. The smallest absolute Gasteiger partial charge is 0.276 e. The number of halogens is 1. The van der Waals surface area contributed by atoms with E-state index >= 15 is 0 Å². The zero-order valence-electron chi connectivity index (χ0n) is 14.9. The van der Waals surface area contributed by atoms with E-state index in [0.29, 0.717) is 40.4 Å². The van der Waals surface area contributed by atoms with Crippen molar-refractivity contribution in [1.29, 1.82) is 0 Å². The van der Waals surface area contributed by atoms with Gasteiger partial charge in [-0.2, -0.15) is 0 Å². The third-order valence-corrected chi connectivity index (χ3v) is 4.55. The third-order valence-electron chi connectivity index (χ3n) is 4.29. The molecular formula is C20H17ClN2O4. The zero-order valence-corrected chi connectivity index (χ0v) is 15.6. The number of fused-ring (bicyclic) bond motifs is 1. The van der Waals surface area contributed by atoms with Crippen LogP contribution in [0, 0.1) is 6.92 Å². The number of oxazole rings is 1. The minimum absolute atomic E-state index is 0.214. The Balaban J connectivity index is 1.52. The molecule has 1 aliphatic rings. The molecule has 0 atom stereocenters. The quantitative estimate of drug-likeness (QED) is 0.670. The van der Waals surface area contributed by atoms with Gasteiger partial charge < -0.3 is 18.8 Å². The highest BCUT2D eigenvalue weighted by Gasteiger charge is 2.22. The standard InChI is InChI=1S/C20H17ClN2O4/c1-12-18(22-19(27-12)14-4-6-15(21)7-5-14)20(24)23(2)10-13-3-8-16-17(9-13)26-11-25-16/h3-9H,10-11H2,1-2H3. The normalized spacial score (nSPS) is 12.3. The Hall–Kier alpha value is -2.99. The summed E-state index contributed by atoms with van der Waals surface area (Å²) < 4.78 is 16.4. The highest BCUT2D eigenvalue weighted by Crippen LogP contribution is 2.33. The molecule has 0 N–H and O–H groups in total. The molecule has 0 radical (unpaired) electrons. The number of nitrogens with zero attached hydrogens (tertiary/aromatic N) is 2. The van der Waals surface area contributed by atoms with Crippen LogP contribution in [0.1, 0.15) is 21.8 Å². The summed E-state index contributed by atoms with van der Waals surface area (Å²) in [6.45, 7) is 2.37. The van der Waals surface area contributed by atoms with Crippen LogP contribution in [0.4, 0.5) is 0 Å². The molecule has 1 aliphatic heterocycles. The van der Waals surface area contributed by atoms with E-state index in [9.17, 15) is 4.79 Å². The van der Waals surface area contributed by atoms with Crippen LogP contribution < -0.4 is 9.47 Å². The molecule has 0 saturated heterocycles. The minimum Gasteiger partial charge on any atom is -0.454 e. The SMILES string of the molecule is Cc1oc(-c2ccc(Cl)cc2)nc1C(=O)N(C)Cc1ccc2c(c1)OCO2. The van der Waals surface area contributed by atoms with Gasteiger partial charge in [0.1, 0.15) is 5.76 Å². The molecule has 1 aromatic heterocycles. The van der Waals surface area contributed by atoms with Gasteiger partial charge in [0.15, 0.2) is 17.2 Å². The van der Waals surface area contributed by atoms with Crippen LogP contribution in [-0.2, 0) is 6.54 Å². The predicted octanol–water partition coefficient (Wildman–Crippen LogP) is 4.30. The van der Waals surface area contributed by atoms with Gasteiger partial charge in [-0.25, -0.2) is 4.98 Å². The van der Waals surface area contributed by atoms with Gasteiger partial charge in [-0.3, -0.25) is 4.79 Å². The molecule has 27 heavy (non-hydrogen) atoms. The average Bonchev–Trinajstić information content (AvgIpc) is 3.27. The first-order chi connectivity index (χ1) is 13.0. The summed E-state index contributed by atoms with van der Waals surface area (Å²) in [5.41, 5.74) is 2.00. The fourth-order valence-corrected chi connectivity index (χ4v) is 3.00. The molecule has 0 unspecified atom stereocenters. The molecule has 2 heterocycles. The molecule has 0 fully saturated rings. The van der Waals surface area contributed by atoms with Crippen molar-refractivity contribution < 1.29 is 18.7 Å². The first kappa shape index (κ1) is 17.4. The van der Waals surface area contributed by atoms with Crippen LogP contribution in [-0.4, -0.2) is 29.6 Å². The van der Waals surface area contributed by atoms with Gasteiger partial charge in [0, 0.05) is 24.2 Å². The van der Waals surface area contributed by atoms with Crippen molar-refractivity contribution in [2.45, 2.75) is 13.5 Å². The fourth-order valence-electron chi connectivity index (χ4n) is 2.88. The second-order valence-electron chi connectivity index (χ2n) is 6.28. The van der Waals surface area contributed by atoms with Crippen LogP contribution in [0.25, 0.3) is 11.5 Å². The van der Waals surface area contributed by atoms with E-state index in [1.807, 2.05) is 18.2 Å². The van der Waals surface area contributed by atoms with E-state index in [4.69, 9.17) is 25.5 Å². The number of carbonyl (C=O) groups excluding carboxylic acids is 1. The molecule has 6 nitrogen and oxygen atoms in total. The molecular weight excluding hydrogens is 368 g/mol. The highest BCUT2D eigenvalue weighted by atomic mass is 35.5. The number of carbonyl (C=O) groups is 1. The minimum atomic E-state index is -0.214. The van der Waals surface area contributed by atoms with Gasteiger partial charge in [0.25, 0.3) is 5.91 Å². The third kappa shape index (κ3) is 3.48. The van der Waals surface area contributed by atoms with E-state index in [1.54, 1.807) is 43.1 Å².